The Bertz CT molecular complexity index is 579. The van der Waals surface area contributed by atoms with E-state index in [1.165, 1.54) is 5.56 Å². The Morgan fingerprint density at radius 3 is 2.19 bits per heavy atom. The highest BCUT2D eigenvalue weighted by molar-refractivity contribution is 5.33. The first-order valence-corrected chi connectivity index (χ1v) is 7.09. The highest BCUT2D eigenvalue weighted by atomic mass is 16.6. The SMILES string of the molecule is CC(C)C(NCc1ccc([N+](=O)[O-])cc1)c1ccccc1. The molecule has 0 radical (unpaired) electrons. The molecule has 0 aliphatic carbocycles. The van der Waals surface area contributed by atoms with Gasteiger partial charge in [-0.2, -0.15) is 0 Å². The van der Waals surface area contributed by atoms with Gasteiger partial charge in [0.05, 0.1) is 4.92 Å². The molecule has 0 heterocycles. The first-order valence-electron chi connectivity index (χ1n) is 7.09. The van der Waals surface area contributed by atoms with Gasteiger partial charge >= 0.3 is 0 Å². The van der Waals surface area contributed by atoms with Crippen molar-refractivity contribution in [2.75, 3.05) is 0 Å². The molecule has 0 bridgehead atoms. The maximum atomic E-state index is 10.6. The van der Waals surface area contributed by atoms with Crippen LogP contribution in [0.15, 0.2) is 54.6 Å². The predicted molar refractivity (Wildman–Crippen MR) is 84.0 cm³/mol. The molecule has 0 amide bonds. The van der Waals surface area contributed by atoms with E-state index in [2.05, 4.69) is 31.3 Å². The van der Waals surface area contributed by atoms with Crippen molar-refractivity contribution in [2.45, 2.75) is 26.4 Å². The Hall–Kier alpha value is -2.20. The van der Waals surface area contributed by atoms with Crippen molar-refractivity contribution >= 4 is 5.69 Å². The number of nitrogens with zero attached hydrogens (tertiary/aromatic N) is 1. The standard InChI is InChI=1S/C17H20N2O2/c1-13(2)17(15-6-4-3-5-7-15)18-12-14-8-10-16(11-9-14)19(20)21/h3-11,13,17-18H,12H2,1-2H3. The van der Waals surface area contributed by atoms with Gasteiger partial charge in [0.15, 0.2) is 0 Å². The van der Waals surface area contributed by atoms with Crippen LogP contribution in [-0.4, -0.2) is 4.92 Å². The van der Waals surface area contributed by atoms with E-state index in [0.29, 0.717) is 12.5 Å². The number of rotatable bonds is 6. The molecule has 2 rings (SSSR count). The molecule has 0 saturated carbocycles. The fraction of sp³-hybridized carbons (Fsp3) is 0.294. The van der Waals surface area contributed by atoms with Crippen molar-refractivity contribution in [1.29, 1.82) is 0 Å². The molecular formula is C17H20N2O2. The molecular weight excluding hydrogens is 264 g/mol. The number of nitro benzene ring substituents is 1. The summed E-state index contributed by atoms with van der Waals surface area (Å²) < 4.78 is 0. The van der Waals surface area contributed by atoms with Gasteiger partial charge in [-0.15, -0.1) is 0 Å². The van der Waals surface area contributed by atoms with Crippen LogP contribution in [0.4, 0.5) is 5.69 Å². The average molecular weight is 284 g/mol. The first-order chi connectivity index (χ1) is 10.1. The molecule has 21 heavy (non-hydrogen) atoms. The number of nitro groups is 1. The van der Waals surface area contributed by atoms with Gasteiger partial charge < -0.3 is 5.32 Å². The minimum atomic E-state index is -0.377. The largest absolute Gasteiger partial charge is 0.306 e. The minimum absolute atomic E-state index is 0.127. The predicted octanol–water partition coefficient (Wildman–Crippen LogP) is 4.08. The second kappa shape index (κ2) is 6.99. The van der Waals surface area contributed by atoms with Crippen LogP contribution >= 0.6 is 0 Å². The Balaban J connectivity index is 2.04. The second-order valence-electron chi connectivity index (χ2n) is 5.44. The number of nitrogens with one attached hydrogen (secondary N) is 1. The highest BCUT2D eigenvalue weighted by Gasteiger charge is 2.14. The van der Waals surface area contributed by atoms with Crippen molar-refractivity contribution in [3.8, 4) is 0 Å². The summed E-state index contributed by atoms with van der Waals surface area (Å²) in [4.78, 5) is 10.3. The summed E-state index contributed by atoms with van der Waals surface area (Å²) in [5.41, 5.74) is 2.43. The Morgan fingerprint density at radius 2 is 1.67 bits per heavy atom. The topological polar surface area (TPSA) is 55.2 Å². The number of benzene rings is 2. The van der Waals surface area contributed by atoms with E-state index in [9.17, 15) is 10.1 Å². The van der Waals surface area contributed by atoms with Crippen LogP contribution in [0, 0.1) is 16.0 Å². The third-order valence-corrected chi connectivity index (χ3v) is 3.50. The molecule has 2 aromatic rings. The van der Waals surface area contributed by atoms with Crippen LogP contribution in [0.3, 0.4) is 0 Å². The maximum Gasteiger partial charge on any atom is 0.269 e. The fourth-order valence-corrected chi connectivity index (χ4v) is 2.36. The lowest BCUT2D eigenvalue weighted by Crippen LogP contribution is -2.25. The monoisotopic (exact) mass is 284 g/mol. The molecule has 1 N–H and O–H groups in total. The molecule has 4 nitrogen and oxygen atoms in total. The Morgan fingerprint density at radius 1 is 1.05 bits per heavy atom. The van der Waals surface area contributed by atoms with Gasteiger partial charge in [0.1, 0.15) is 0 Å². The Labute approximate surface area is 125 Å². The zero-order valence-corrected chi connectivity index (χ0v) is 12.3. The lowest BCUT2D eigenvalue weighted by atomic mass is 9.96. The van der Waals surface area contributed by atoms with Gasteiger partial charge in [-0.1, -0.05) is 56.3 Å². The molecule has 0 fully saturated rings. The highest BCUT2D eigenvalue weighted by Crippen LogP contribution is 2.22. The summed E-state index contributed by atoms with van der Waals surface area (Å²) in [5.74, 6) is 0.463. The third kappa shape index (κ3) is 4.13. The molecule has 0 aliphatic heterocycles. The normalized spacial score (nSPS) is 12.3. The lowest BCUT2D eigenvalue weighted by molar-refractivity contribution is -0.384. The molecule has 1 atom stereocenters. The van der Waals surface area contributed by atoms with E-state index in [-0.39, 0.29) is 16.7 Å². The van der Waals surface area contributed by atoms with Crippen LogP contribution in [0.25, 0.3) is 0 Å². The van der Waals surface area contributed by atoms with Crippen molar-refractivity contribution in [3.63, 3.8) is 0 Å². The second-order valence-corrected chi connectivity index (χ2v) is 5.44. The fourth-order valence-electron chi connectivity index (χ4n) is 2.36. The van der Waals surface area contributed by atoms with Crippen molar-refractivity contribution in [2.24, 2.45) is 5.92 Å². The average Bonchev–Trinajstić information content (AvgIpc) is 2.48. The van der Waals surface area contributed by atoms with E-state index in [1.807, 2.05) is 18.2 Å². The zero-order chi connectivity index (χ0) is 15.2. The van der Waals surface area contributed by atoms with Gasteiger partial charge in [0.2, 0.25) is 0 Å². The van der Waals surface area contributed by atoms with E-state index in [1.54, 1.807) is 24.3 Å². The summed E-state index contributed by atoms with van der Waals surface area (Å²) >= 11 is 0. The number of hydrogen-bond donors (Lipinski definition) is 1. The van der Waals surface area contributed by atoms with E-state index in [4.69, 9.17) is 0 Å². The molecule has 110 valence electrons. The van der Waals surface area contributed by atoms with Crippen molar-refractivity contribution in [1.82, 2.24) is 5.32 Å². The zero-order valence-electron chi connectivity index (χ0n) is 12.3. The van der Waals surface area contributed by atoms with E-state index in [0.717, 1.165) is 5.56 Å². The van der Waals surface area contributed by atoms with E-state index < -0.39 is 0 Å². The molecule has 0 aliphatic rings. The third-order valence-electron chi connectivity index (χ3n) is 3.50. The van der Waals surface area contributed by atoms with Gasteiger partial charge in [0, 0.05) is 24.7 Å². The summed E-state index contributed by atoms with van der Waals surface area (Å²) in [6.07, 6.45) is 0. The van der Waals surface area contributed by atoms with E-state index >= 15 is 0 Å². The summed E-state index contributed by atoms with van der Waals surface area (Å²) in [5, 5.41) is 14.2. The van der Waals surface area contributed by atoms with Gasteiger partial charge in [0.25, 0.3) is 5.69 Å². The van der Waals surface area contributed by atoms with Gasteiger partial charge in [-0.25, -0.2) is 0 Å². The van der Waals surface area contributed by atoms with Crippen LogP contribution in [0.2, 0.25) is 0 Å². The van der Waals surface area contributed by atoms with Crippen LogP contribution in [0.1, 0.15) is 31.0 Å². The molecule has 0 aromatic heterocycles. The smallest absolute Gasteiger partial charge is 0.269 e. The molecule has 0 saturated heterocycles. The molecule has 0 spiro atoms. The molecule has 2 aromatic carbocycles. The minimum Gasteiger partial charge on any atom is -0.306 e. The van der Waals surface area contributed by atoms with Crippen LogP contribution in [0.5, 0.6) is 0 Å². The lowest BCUT2D eigenvalue weighted by Gasteiger charge is -2.23. The maximum absolute atomic E-state index is 10.6. The first kappa shape index (κ1) is 15.2. The molecule has 1 unspecified atom stereocenters. The Kier molecular flexibility index (Phi) is 5.06. The number of non-ortho nitro benzene ring substituents is 1. The van der Waals surface area contributed by atoms with Gasteiger partial charge in [-0.3, -0.25) is 10.1 Å². The quantitative estimate of drug-likeness (QED) is 0.642. The van der Waals surface area contributed by atoms with Crippen LogP contribution < -0.4 is 5.32 Å². The van der Waals surface area contributed by atoms with Crippen molar-refractivity contribution < 1.29 is 4.92 Å². The number of hydrogen-bond acceptors (Lipinski definition) is 3. The summed E-state index contributed by atoms with van der Waals surface area (Å²) in [6, 6.07) is 17.3. The van der Waals surface area contributed by atoms with Crippen molar-refractivity contribution in [3.05, 3.63) is 75.8 Å². The summed E-state index contributed by atoms with van der Waals surface area (Å²) in [6.45, 7) is 5.05. The summed E-state index contributed by atoms with van der Waals surface area (Å²) in [7, 11) is 0. The van der Waals surface area contributed by atoms with Crippen LogP contribution in [-0.2, 0) is 6.54 Å². The van der Waals surface area contributed by atoms with Gasteiger partial charge in [-0.05, 0) is 17.0 Å². The molecule has 4 heteroatoms.